The summed E-state index contributed by atoms with van der Waals surface area (Å²) in [6, 6.07) is 2.63. The molecule has 0 aromatic carbocycles. The van der Waals surface area contributed by atoms with Gasteiger partial charge in [-0.05, 0) is 37.8 Å². The van der Waals surface area contributed by atoms with Crippen molar-refractivity contribution in [3.8, 4) is 0 Å². The van der Waals surface area contributed by atoms with Gasteiger partial charge in [0.25, 0.3) is 5.78 Å². The van der Waals surface area contributed by atoms with Crippen molar-refractivity contribution in [3.05, 3.63) is 23.9 Å². The zero-order valence-corrected chi connectivity index (χ0v) is 12.6. The van der Waals surface area contributed by atoms with E-state index in [1.54, 1.807) is 0 Å². The lowest BCUT2D eigenvalue weighted by atomic mass is 9.97. The van der Waals surface area contributed by atoms with Gasteiger partial charge in [-0.2, -0.15) is 13.2 Å². The highest BCUT2D eigenvalue weighted by atomic mass is 19.4. The lowest BCUT2D eigenvalue weighted by molar-refractivity contribution is -0.0885. The number of anilines is 1. The summed E-state index contributed by atoms with van der Waals surface area (Å²) < 4.78 is 37.3. The van der Waals surface area contributed by atoms with Crippen LogP contribution in [0.4, 0.5) is 23.8 Å². The van der Waals surface area contributed by atoms with Gasteiger partial charge in [0, 0.05) is 29.9 Å². The molecule has 0 aliphatic carbocycles. The number of fused-ring (bicyclic) bond motifs is 2. The quantitative estimate of drug-likeness (QED) is 0.825. The van der Waals surface area contributed by atoms with Crippen LogP contribution in [-0.4, -0.2) is 46.3 Å². The molecule has 2 atom stereocenters. The summed E-state index contributed by atoms with van der Waals surface area (Å²) in [7, 11) is 0. The van der Waals surface area contributed by atoms with Crippen molar-refractivity contribution in [3.63, 3.8) is 0 Å². The molecule has 9 heteroatoms. The number of nitrogens with zero attached hydrogens (tertiary/aromatic N) is 2. The largest absolute Gasteiger partial charge is 0.465 e. The molecule has 3 heterocycles. The van der Waals surface area contributed by atoms with Crippen LogP contribution in [0.2, 0.25) is 0 Å². The van der Waals surface area contributed by atoms with Crippen molar-refractivity contribution in [2.24, 2.45) is 0 Å². The van der Waals surface area contributed by atoms with E-state index in [2.05, 4.69) is 10.3 Å². The number of hydrogen-bond acceptors (Lipinski definition) is 4. The number of carbonyl (C=O) groups excluding carboxylic acids is 1. The van der Waals surface area contributed by atoms with E-state index in [1.165, 1.54) is 6.07 Å². The molecule has 1 aromatic rings. The zero-order chi connectivity index (χ0) is 17.5. The summed E-state index contributed by atoms with van der Waals surface area (Å²) in [4.78, 5) is 28.0. The molecule has 24 heavy (non-hydrogen) atoms. The Morgan fingerprint density at radius 2 is 1.83 bits per heavy atom. The van der Waals surface area contributed by atoms with E-state index in [1.807, 2.05) is 4.90 Å². The highest BCUT2D eigenvalue weighted by molar-refractivity contribution is 6.00. The van der Waals surface area contributed by atoms with Gasteiger partial charge in [0.15, 0.2) is 0 Å². The minimum absolute atomic E-state index is 0.0947. The molecule has 3 rings (SSSR count). The first kappa shape index (κ1) is 16.5. The van der Waals surface area contributed by atoms with Gasteiger partial charge in [-0.25, -0.2) is 9.78 Å². The molecule has 2 aliphatic heterocycles. The topological polar surface area (TPSA) is 82.5 Å². The first-order chi connectivity index (χ1) is 11.3. The number of carbonyl (C=O) groups is 2. The highest BCUT2D eigenvalue weighted by Crippen LogP contribution is 2.38. The Hall–Kier alpha value is -2.32. The van der Waals surface area contributed by atoms with E-state index in [0.29, 0.717) is 18.7 Å². The maximum atomic E-state index is 12.4. The SMILES string of the molecule is O=C(O)NC1CC2CCC(C1)N2c1ccc(C(=O)C(F)(F)F)cn1. The predicted molar refractivity (Wildman–Crippen MR) is 78.1 cm³/mol. The third kappa shape index (κ3) is 3.15. The number of hydrogen-bond donors (Lipinski definition) is 2. The molecule has 2 aliphatic rings. The lowest BCUT2D eigenvalue weighted by Gasteiger charge is -2.39. The first-order valence-corrected chi connectivity index (χ1v) is 7.61. The molecule has 0 spiro atoms. The molecule has 1 amide bonds. The number of alkyl halides is 3. The van der Waals surface area contributed by atoms with Crippen LogP contribution in [0.25, 0.3) is 0 Å². The molecule has 2 N–H and O–H groups in total. The fourth-order valence-electron chi connectivity index (χ4n) is 3.68. The van der Waals surface area contributed by atoms with Gasteiger partial charge in [-0.1, -0.05) is 0 Å². The minimum Gasteiger partial charge on any atom is -0.465 e. The molecular formula is C15H16F3N3O3. The number of ketones is 1. The number of Topliss-reactive ketones (excluding diaryl/α,β-unsaturated/α-hetero) is 1. The molecule has 0 radical (unpaired) electrons. The number of aromatic nitrogens is 1. The first-order valence-electron chi connectivity index (χ1n) is 7.61. The Morgan fingerprint density at radius 1 is 1.21 bits per heavy atom. The van der Waals surface area contributed by atoms with Crippen LogP contribution in [0.5, 0.6) is 0 Å². The highest BCUT2D eigenvalue weighted by Gasteiger charge is 2.42. The average molecular weight is 343 g/mol. The molecule has 6 nitrogen and oxygen atoms in total. The van der Waals surface area contributed by atoms with Crippen molar-refractivity contribution in [1.29, 1.82) is 0 Å². The Kier molecular flexibility index (Phi) is 4.10. The van der Waals surface area contributed by atoms with E-state index in [-0.39, 0.29) is 18.1 Å². The summed E-state index contributed by atoms with van der Waals surface area (Å²) in [5.74, 6) is -1.39. The normalized spacial score (nSPS) is 26.3. The predicted octanol–water partition coefficient (Wildman–Crippen LogP) is 2.59. The van der Waals surface area contributed by atoms with Crippen molar-refractivity contribution in [2.75, 3.05) is 4.90 Å². The van der Waals surface area contributed by atoms with Gasteiger partial charge in [0.1, 0.15) is 5.82 Å². The number of rotatable bonds is 3. The van der Waals surface area contributed by atoms with Gasteiger partial charge in [-0.3, -0.25) is 4.79 Å². The van der Waals surface area contributed by atoms with Gasteiger partial charge >= 0.3 is 12.3 Å². The van der Waals surface area contributed by atoms with Crippen LogP contribution < -0.4 is 10.2 Å². The van der Waals surface area contributed by atoms with E-state index >= 15 is 0 Å². The van der Waals surface area contributed by atoms with E-state index < -0.39 is 23.6 Å². The number of carboxylic acid groups (broad SMARTS) is 1. The lowest BCUT2D eigenvalue weighted by Crippen LogP contribution is -2.50. The summed E-state index contributed by atoms with van der Waals surface area (Å²) in [5.41, 5.74) is -0.485. The Morgan fingerprint density at radius 3 is 2.29 bits per heavy atom. The molecule has 130 valence electrons. The van der Waals surface area contributed by atoms with Gasteiger partial charge in [0.2, 0.25) is 0 Å². The number of halogens is 3. The Bertz CT molecular complexity index is 634. The molecule has 2 saturated heterocycles. The van der Waals surface area contributed by atoms with Gasteiger partial charge < -0.3 is 15.3 Å². The number of piperidine rings is 1. The summed E-state index contributed by atoms with van der Waals surface area (Å²) in [5, 5.41) is 11.3. The molecule has 0 saturated carbocycles. The fraction of sp³-hybridized carbons (Fsp3) is 0.533. The summed E-state index contributed by atoms with van der Waals surface area (Å²) in [6.07, 6.45) is -1.99. The fourth-order valence-corrected chi connectivity index (χ4v) is 3.68. The molecule has 2 unspecified atom stereocenters. The number of pyridine rings is 1. The summed E-state index contributed by atoms with van der Waals surface area (Å²) >= 11 is 0. The average Bonchev–Trinajstić information content (AvgIpc) is 2.76. The van der Waals surface area contributed by atoms with Crippen molar-refractivity contribution in [1.82, 2.24) is 10.3 Å². The Labute approximate surface area is 135 Å². The second kappa shape index (κ2) is 5.95. The van der Waals surface area contributed by atoms with Gasteiger partial charge in [0.05, 0.1) is 0 Å². The third-order valence-electron chi connectivity index (χ3n) is 4.59. The third-order valence-corrected chi connectivity index (χ3v) is 4.59. The summed E-state index contributed by atoms with van der Waals surface area (Å²) in [6.45, 7) is 0. The molecular weight excluding hydrogens is 327 g/mol. The van der Waals surface area contributed by atoms with E-state index in [9.17, 15) is 22.8 Å². The molecule has 2 bridgehead atoms. The number of amides is 1. The zero-order valence-electron chi connectivity index (χ0n) is 12.6. The molecule has 2 fully saturated rings. The smallest absolute Gasteiger partial charge is 0.454 e. The van der Waals surface area contributed by atoms with E-state index in [0.717, 1.165) is 25.1 Å². The minimum atomic E-state index is -4.91. The maximum absolute atomic E-state index is 12.4. The van der Waals surface area contributed by atoms with Crippen LogP contribution in [0.3, 0.4) is 0 Å². The second-order valence-corrected chi connectivity index (χ2v) is 6.14. The van der Waals surface area contributed by atoms with Crippen LogP contribution in [-0.2, 0) is 0 Å². The van der Waals surface area contributed by atoms with Crippen molar-refractivity contribution >= 4 is 17.7 Å². The van der Waals surface area contributed by atoms with Crippen LogP contribution in [0.15, 0.2) is 18.3 Å². The second-order valence-electron chi connectivity index (χ2n) is 6.14. The van der Waals surface area contributed by atoms with Crippen molar-refractivity contribution in [2.45, 2.75) is 50.0 Å². The standard InChI is InChI=1S/C15H16F3N3O3/c16-15(17,18)13(22)8-1-4-12(19-7-8)21-10-2-3-11(21)6-9(5-10)20-14(23)24/h1,4,7,9-11,20H,2-3,5-6H2,(H,23,24). The monoisotopic (exact) mass is 343 g/mol. The van der Waals surface area contributed by atoms with Crippen LogP contribution in [0, 0.1) is 0 Å². The maximum Gasteiger partial charge on any atom is 0.454 e. The van der Waals surface area contributed by atoms with Crippen LogP contribution >= 0.6 is 0 Å². The van der Waals surface area contributed by atoms with E-state index in [4.69, 9.17) is 5.11 Å². The number of nitrogens with one attached hydrogen (secondary N) is 1. The van der Waals surface area contributed by atoms with Crippen LogP contribution in [0.1, 0.15) is 36.0 Å². The Balaban J connectivity index is 1.74. The van der Waals surface area contributed by atoms with Gasteiger partial charge in [-0.15, -0.1) is 0 Å². The van der Waals surface area contributed by atoms with Crippen molar-refractivity contribution < 1.29 is 27.9 Å². The molecule has 1 aromatic heterocycles.